The molecule has 1 aromatic rings. The molecule has 0 spiro atoms. The monoisotopic (exact) mass is 241 g/mol. The molecule has 1 heterocycles. The molecule has 16 heavy (non-hydrogen) atoms. The molecule has 3 nitrogen and oxygen atoms in total. The Morgan fingerprint density at radius 1 is 1.31 bits per heavy atom. The normalized spacial score (nSPS) is 24.6. The van der Waals surface area contributed by atoms with Gasteiger partial charge >= 0.3 is 0 Å². The Morgan fingerprint density at radius 2 is 2.06 bits per heavy atom. The Labute approximate surface area is 101 Å². The predicted molar refractivity (Wildman–Crippen MR) is 64.8 cm³/mol. The summed E-state index contributed by atoms with van der Waals surface area (Å²) in [6.45, 7) is 0.795. The van der Waals surface area contributed by atoms with E-state index in [0.29, 0.717) is 17.5 Å². The van der Waals surface area contributed by atoms with E-state index in [4.69, 9.17) is 0 Å². The molecule has 1 aliphatic heterocycles. The maximum atomic E-state index is 10.9. The van der Waals surface area contributed by atoms with Gasteiger partial charge in [-0.3, -0.25) is 10.1 Å². The zero-order valence-corrected chi connectivity index (χ0v) is 9.80. The van der Waals surface area contributed by atoms with E-state index in [2.05, 4.69) is 5.32 Å². The summed E-state index contributed by atoms with van der Waals surface area (Å²) in [5.74, 6) is 0. The second-order valence-corrected chi connectivity index (χ2v) is 3.95. The molecular weight excluding hydrogens is 226 g/mol. The van der Waals surface area contributed by atoms with Crippen LogP contribution in [0.3, 0.4) is 0 Å². The molecule has 0 unspecified atom stereocenters. The summed E-state index contributed by atoms with van der Waals surface area (Å²) < 4.78 is 0. The van der Waals surface area contributed by atoms with Crippen molar-refractivity contribution in [2.24, 2.45) is 0 Å². The Kier molecular flexibility index (Phi) is 4.47. The minimum Gasteiger partial charge on any atom is -0.372 e. The van der Waals surface area contributed by atoms with Crippen LogP contribution in [0.15, 0.2) is 24.3 Å². The Balaban J connectivity index is 0.00000128. The molecule has 0 amide bonds. The lowest BCUT2D eigenvalue weighted by Gasteiger charge is -2.34. The van der Waals surface area contributed by atoms with Gasteiger partial charge in [0, 0.05) is 11.1 Å². The van der Waals surface area contributed by atoms with E-state index in [-0.39, 0.29) is 12.4 Å². The van der Waals surface area contributed by atoms with Gasteiger partial charge in [-0.15, -0.1) is 12.4 Å². The van der Waals surface area contributed by atoms with Gasteiger partial charge in [-0.1, -0.05) is 24.3 Å². The maximum Gasteiger partial charge on any atom is 0.150 e. The van der Waals surface area contributed by atoms with Crippen LogP contribution >= 0.6 is 12.4 Å². The molecule has 4 heteroatoms. The topological polar surface area (TPSA) is 49.3 Å². The van der Waals surface area contributed by atoms with Gasteiger partial charge < -0.3 is 5.11 Å². The van der Waals surface area contributed by atoms with Gasteiger partial charge in [0.1, 0.15) is 12.0 Å². The quantitative estimate of drug-likeness (QED) is 0.777. The third-order valence-corrected chi connectivity index (χ3v) is 2.92. The average molecular weight is 242 g/mol. The van der Waals surface area contributed by atoms with Crippen LogP contribution in [0.2, 0.25) is 0 Å². The first-order valence-corrected chi connectivity index (χ1v) is 5.28. The number of hydrogen-bond acceptors (Lipinski definition) is 3. The largest absolute Gasteiger partial charge is 0.372 e. The minimum atomic E-state index is -1.02. The van der Waals surface area contributed by atoms with E-state index in [0.717, 1.165) is 25.7 Å². The summed E-state index contributed by atoms with van der Waals surface area (Å²) in [4.78, 5) is 10.9. The second-order valence-electron chi connectivity index (χ2n) is 3.95. The van der Waals surface area contributed by atoms with Crippen LogP contribution in [0.1, 0.15) is 35.2 Å². The van der Waals surface area contributed by atoms with Crippen molar-refractivity contribution in [2.45, 2.75) is 25.0 Å². The summed E-state index contributed by atoms with van der Waals surface area (Å²) in [6, 6.07) is 7.19. The fourth-order valence-electron chi connectivity index (χ4n) is 2.10. The predicted octanol–water partition coefficient (Wildman–Crippen LogP) is 1.84. The van der Waals surface area contributed by atoms with Gasteiger partial charge in [0.15, 0.2) is 0 Å². The summed E-state index contributed by atoms with van der Waals surface area (Å²) in [6.07, 6.45) is 3.52. The van der Waals surface area contributed by atoms with Gasteiger partial charge in [0.2, 0.25) is 0 Å². The number of rotatable bonds is 2. The summed E-state index contributed by atoms with van der Waals surface area (Å²) in [5, 5.41) is 13.5. The number of carbonyl (C=O) groups is 1. The Morgan fingerprint density at radius 3 is 2.69 bits per heavy atom. The van der Waals surface area contributed by atoms with Crippen molar-refractivity contribution in [3.8, 4) is 0 Å². The SMILES string of the molecule is Cl.O=Cc1ccccc1[C@@]1(O)CCCCN1. The van der Waals surface area contributed by atoms with Crippen molar-refractivity contribution < 1.29 is 9.90 Å². The van der Waals surface area contributed by atoms with Crippen LogP contribution < -0.4 is 5.32 Å². The van der Waals surface area contributed by atoms with E-state index in [9.17, 15) is 9.90 Å². The van der Waals surface area contributed by atoms with Crippen LogP contribution in [0.5, 0.6) is 0 Å². The lowest BCUT2D eigenvalue weighted by Crippen LogP contribution is -2.46. The number of hydrogen-bond donors (Lipinski definition) is 2. The summed E-state index contributed by atoms with van der Waals surface area (Å²) in [7, 11) is 0. The standard InChI is InChI=1S/C12H15NO2.ClH/c14-9-10-5-1-2-6-11(10)12(15)7-3-4-8-13-12;/h1-2,5-6,9,13,15H,3-4,7-8H2;1H/t12-;/m0./s1. The van der Waals surface area contributed by atoms with E-state index in [1.165, 1.54) is 0 Å². The van der Waals surface area contributed by atoms with Crippen molar-refractivity contribution in [1.29, 1.82) is 0 Å². The average Bonchev–Trinajstić information content (AvgIpc) is 2.30. The molecule has 2 rings (SSSR count). The van der Waals surface area contributed by atoms with Crippen LogP contribution in [0, 0.1) is 0 Å². The first kappa shape index (κ1) is 13.2. The smallest absolute Gasteiger partial charge is 0.150 e. The zero-order chi connectivity index (χ0) is 10.7. The molecule has 0 saturated carbocycles. The molecule has 0 aromatic heterocycles. The van der Waals surface area contributed by atoms with Gasteiger partial charge in [-0.2, -0.15) is 0 Å². The minimum absolute atomic E-state index is 0. The van der Waals surface area contributed by atoms with Gasteiger partial charge in [0.25, 0.3) is 0 Å². The molecule has 88 valence electrons. The fraction of sp³-hybridized carbons (Fsp3) is 0.417. The van der Waals surface area contributed by atoms with Crippen LogP contribution in [0.4, 0.5) is 0 Å². The lowest BCUT2D eigenvalue weighted by molar-refractivity contribution is -0.0245. The third kappa shape index (κ3) is 2.43. The highest BCUT2D eigenvalue weighted by atomic mass is 35.5. The van der Waals surface area contributed by atoms with Gasteiger partial charge in [0.05, 0.1) is 0 Å². The third-order valence-electron chi connectivity index (χ3n) is 2.92. The molecule has 0 radical (unpaired) electrons. The molecule has 0 aliphatic carbocycles. The lowest BCUT2D eigenvalue weighted by atomic mass is 9.90. The number of halogens is 1. The van der Waals surface area contributed by atoms with Crippen molar-refractivity contribution in [3.05, 3.63) is 35.4 Å². The summed E-state index contributed by atoms with van der Waals surface area (Å²) in [5.41, 5.74) is 0.240. The zero-order valence-electron chi connectivity index (χ0n) is 8.98. The Hall–Kier alpha value is -0.900. The summed E-state index contributed by atoms with van der Waals surface area (Å²) >= 11 is 0. The highest BCUT2D eigenvalue weighted by Gasteiger charge is 2.32. The molecule has 1 aromatic carbocycles. The van der Waals surface area contributed by atoms with E-state index in [1.807, 2.05) is 12.1 Å². The highest BCUT2D eigenvalue weighted by molar-refractivity contribution is 5.85. The van der Waals surface area contributed by atoms with Crippen molar-refractivity contribution >= 4 is 18.7 Å². The van der Waals surface area contributed by atoms with Crippen LogP contribution in [-0.4, -0.2) is 17.9 Å². The highest BCUT2D eigenvalue weighted by Crippen LogP contribution is 2.29. The first-order chi connectivity index (χ1) is 7.26. The van der Waals surface area contributed by atoms with Crippen molar-refractivity contribution in [1.82, 2.24) is 5.32 Å². The number of carbonyl (C=O) groups excluding carboxylic acids is 1. The van der Waals surface area contributed by atoms with Gasteiger partial charge in [-0.05, 0) is 25.8 Å². The van der Waals surface area contributed by atoms with Crippen LogP contribution in [0.25, 0.3) is 0 Å². The Bertz CT molecular complexity index is 362. The molecule has 1 fully saturated rings. The molecule has 1 saturated heterocycles. The number of nitrogens with one attached hydrogen (secondary N) is 1. The first-order valence-electron chi connectivity index (χ1n) is 5.28. The fourth-order valence-corrected chi connectivity index (χ4v) is 2.10. The maximum absolute atomic E-state index is 10.9. The van der Waals surface area contributed by atoms with E-state index >= 15 is 0 Å². The molecule has 1 aliphatic rings. The van der Waals surface area contributed by atoms with Crippen molar-refractivity contribution in [2.75, 3.05) is 6.54 Å². The number of aliphatic hydroxyl groups is 1. The van der Waals surface area contributed by atoms with Gasteiger partial charge in [-0.25, -0.2) is 0 Å². The molecular formula is C12H16ClNO2. The van der Waals surface area contributed by atoms with Crippen molar-refractivity contribution in [3.63, 3.8) is 0 Å². The molecule has 2 N–H and O–H groups in total. The number of aldehydes is 1. The number of piperidine rings is 1. The van der Waals surface area contributed by atoms with E-state index in [1.54, 1.807) is 12.1 Å². The molecule has 1 atom stereocenters. The van der Waals surface area contributed by atoms with Crippen LogP contribution in [-0.2, 0) is 5.72 Å². The second kappa shape index (κ2) is 5.43. The molecule has 0 bridgehead atoms. The van der Waals surface area contributed by atoms with E-state index < -0.39 is 5.72 Å². The number of benzene rings is 1.